The highest BCUT2D eigenvalue weighted by Gasteiger charge is 2.55. The largest absolute Gasteiger partial charge is 0.332 e. The summed E-state index contributed by atoms with van der Waals surface area (Å²) in [5, 5.41) is 0. The van der Waals surface area contributed by atoms with E-state index in [0.29, 0.717) is 6.54 Å². The maximum absolute atomic E-state index is 13.3. The maximum Gasteiger partial charge on any atom is 0.242 e. The Morgan fingerprint density at radius 2 is 1.88 bits per heavy atom. The van der Waals surface area contributed by atoms with E-state index in [2.05, 4.69) is 22.8 Å². The molecule has 4 rings (SSSR count). The van der Waals surface area contributed by atoms with Crippen molar-refractivity contribution >= 4 is 5.91 Å². The molecule has 1 amide bonds. The highest BCUT2D eigenvalue weighted by molar-refractivity contribution is 5.86. The molecular weight excluding hydrogens is 319 g/mol. The number of likely N-dealkylation sites (tertiary alicyclic amines) is 1. The van der Waals surface area contributed by atoms with Crippen LogP contribution in [0.15, 0.2) is 48.7 Å². The van der Waals surface area contributed by atoms with Gasteiger partial charge in [-0.15, -0.1) is 0 Å². The van der Waals surface area contributed by atoms with Crippen molar-refractivity contribution < 1.29 is 9.18 Å². The fourth-order valence-corrected chi connectivity index (χ4v) is 4.05. The third kappa shape index (κ3) is 2.71. The number of hydrogen-bond donors (Lipinski definition) is 2. The lowest BCUT2D eigenvalue weighted by Gasteiger charge is -2.30. The number of carbonyl (C=O) groups excluding carboxylic acids is 1. The third-order valence-electron chi connectivity index (χ3n) is 5.10. The van der Waals surface area contributed by atoms with E-state index >= 15 is 0 Å². The van der Waals surface area contributed by atoms with Crippen LogP contribution in [0.25, 0.3) is 0 Å². The van der Waals surface area contributed by atoms with E-state index in [1.54, 1.807) is 18.3 Å². The van der Waals surface area contributed by atoms with E-state index < -0.39 is 0 Å². The van der Waals surface area contributed by atoms with Gasteiger partial charge in [0, 0.05) is 18.7 Å². The molecule has 1 aromatic heterocycles. The third-order valence-corrected chi connectivity index (χ3v) is 5.10. The van der Waals surface area contributed by atoms with Gasteiger partial charge in [-0.3, -0.25) is 9.78 Å². The highest BCUT2D eigenvalue weighted by atomic mass is 19.1. The lowest BCUT2D eigenvalue weighted by molar-refractivity contribution is -0.130. The second-order valence-corrected chi connectivity index (χ2v) is 6.60. The summed E-state index contributed by atoms with van der Waals surface area (Å²) in [6.45, 7) is 2.77. The van der Waals surface area contributed by atoms with E-state index in [0.717, 1.165) is 17.7 Å². The summed E-state index contributed by atoms with van der Waals surface area (Å²) in [5.41, 5.74) is 8.26. The average molecular weight is 340 g/mol. The van der Waals surface area contributed by atoms with Crippen LogP contribution < -0.4 is 10.9 Å². The first-order chi connectivity index (χ1) is 12.2. The van der Waals surface area contributed by atoms with Gasteiger partial charge in [-0.2, -0.15) is 0 Å². The molecule has 1 aromatic carbocycles. The Kier molecular flexibility index (Phi) is 4.23. The summed E-state index contributed by atoms with van der Waals surface area (Å²) in [7, 11) is 0. The van der Waals surface area contributed by atoms with E-state index in [9.17, 15) is 9.18 Å². The monoisotopic (exact) mass is 340 g/mol. The van der Waals surface area contributed by atoms with Crippen LogP contribution >= 0.6 is 0 Å². The van der Waals surface area contributed by atoms with Gasteiger partial charge in [0.15, 0.2) is 0 Å². The van der Waals surface area contributed by atoms with Gasteiger partial charge in [0.25, 0.3) is 0 Å². The Morgan fingerprint density at radius 3 is 2.56 bits per heavy atom. The first-order valence-electron chi connectivity index (χ1n) is 8.68. The minimum Gasteiger partial charge on any atom is -0.332 e. The Labute approximate surface area is 146 Å². The number of halogens is 1. The molecule has 0 bridgehead atoms. The minimum atomic E-state index is -0.298. The number of nitrogens with zero attached hydrogens (tertiary/aromatic N) is 2. The van der Waals surface area contributed by atoms with Crippen LogP contribution in [0.4, 0.5) is 4.39 Å². The molecular formula is C19H21FN4O. The van der Waals surface area contributed by atoms with Gasteiger partial charge in [0.05, 0.1) is 17.8 Å². The SMILES string of the molecule is CCCN1C(=O)C2NNC(c3ccc(F)cc3)C2C1c1ccccn1. The van der Waals surface area contributed by atoms with E-state index in [1.165, 1.54) is 12.1 Å². The molecule has 130 valence electrons. The molecule has 5 nitrogen and oxygen atoms in total. The number of benzene rings is 1. The van der Waals surface area contributed by atoms with Crippen molar-refractivity contribution in [1.82, 2.24) is 20.7 Å². The summed E-state index contributed by atoms with van der Waals surface area (Å²) >= 11 is 0. The molecule has 25 heavy (non-hydrogen) atoms. The molecule has 4 unspecified atom stereocenters. The summed E-state index contributed by atoms with van der Waals surface area (Å²) in [4.78, 5) is 19.4. The Balaban J connectivity index is 1.75. The molecule has 2 aliphatic rings. The first-order valence-corrected chi connectivity index (χ1v) is 8.68. The number of nitrogens with one attached hydrogen (secondary N) is 2. The number of aromatic nitrogens is 1. The molecule has 0 saturated carbocycles. The zero-order valence-electron chi connectivity index (χ0n) is 14.0. The van der Waals surface area contributed by atoms with Gasteiger partial charge in [0.1, 0.15) is 11.9 Å². The molecule has 3 heterocycles. The summed E-state index contributed by atoms with van der Waals surface area (Å²) in [6.07, 6.45) is 2.66. The van der Waals surface area contributed by atoms with Crippen molar-refractivity contribution in [3.8, 4) is 0 Å². The van der Waals surface area contributed by atoms with Crippen LogP contribution in [0, 0.1) is 11.7 Å². The van der Waals surface area contributed by atoms with Gasteiger partial charge in [-0.1, -0.05) is 25.1 Å². The smallest absolute Gasteiger partial charge is 0.242 e. The highest BCUT2D eigenvalue weighted by Crippen LogP contribution is 2.46. The van der Waals surface area contributed by atoms with E-state index in [4.69, 9.17) is 0 Å². The van der Waals surface area contributed by atoms with Gasteiger partial charge in [-0.05, 0) is 36.2 Å². The number of carbonyl (C=O) groups is 1. The summed E-state index contributed by atoms with van der Waals surface area (Å²) in [5.74, 6) is -0.165. The molecule has 2 aliphatic heterocycles. The summed E-state index contributed by atoms with van der Waals surface area (Å²) in [6, 6.07) is 11.8. The molecule has 0 radical (unpaired) electrons. The number of hydrazine groups is 1. The van der Waals surface area contributed by atoms with Crippen LogP contribution in [0.1, 0.15) is 36.7 Å². The van der Waals surface area contributed by atoms with Crippen LogP contribution in [-0.4, -0.2) is 28.4 Å². The topological polar surface area (TPSA) is 57.3 Å². The van der Waals surface area contributed by atoms with Crippen LogP contribution in [-0.2, 0) is 4.79 Å². The number of fused-ring (bicyclic) bond motifs is 1. The summed E-state index contributed by atoms with van der Waals surface area (Å²) < 4.78 is 13.3. The quantitative estimate of drug-likeness (QED) is 0.897. The van der Waals surface area contributed by atoms with Crippen LogP contribution in [0.3, 0.4) is 0 Å². The maximum atomic E-state index is 13.3. The molecule has 2 saturated heterocycles. The lowest BCUT2D eigenvalue weighted by Crippen LogP contribution is -2.41. The van der Waals surface area contributed by atoms with E-state index in [-0.39, 0.29) is 35.8 Å². The second kappa shape index (κ2) is 6.54. The predicted octanol–water partition coefficient (Wildman–Crippen LogP) is 2.35. The molecule has 4 atom stereocenters. The molecule has 2 N–H and O–H groups in total. The zero-order chi connectivity index (χ0) is 17.4. The molecule has 6 heteroatoms. The van der Waals surface area contributed by atoms with Crippen molar-refractivity contribution in [1.29, 1.82) is 0 Å². The zero-order valence-corrected chi connectivity index (χ0v) is 14.0. The van der Waals surface area contributed by atoms with Gasteiger partial charge < -0.3 is 4.90 Å². The Bertz CT molecular complexity index is 752. The van der Waals surface area contributed by atoms with Crippen molar-refractivity contribution in [3.05, 3.63) is 65.7 Å². The fraction of sp³-hybridized carbons (Fsp3) is 0.368. The van der Waals surface area contributed by atoms with Gasteiger partial charge >= 0.3 is 0 Å². The number of hydrogen-bond acceptors (Lipinski definition) is 4. The van der Waals surface area contributed by atoms with Crippen LogP contribution in [0.5, 0.6) is 0 Å². The van der Waals surface area contributed by atoms with Crippen molar-refractivity contribution in [2.45, 2.75) is 31.5 Å². The number of rotatable bonds is 4. The number of pyridine rings is 1. The standard InChI is InChI=1S/C19H21FN4O/c1-2-11-24-18(14-5-3-4-10-21-14)15-16(22-23-17(15)19(24)25)12-6-8-13(20)9-7-12/h3-10,15-18,22-23H,2,11H2,1H3. The fourth-order valence-electron chi connectivity index (χ4n) is 4.05. The van der Waals surface area contributed by atoms with Crippen molar-refractivity contribution in [2.75, 3.05) is 6.54 Å². The first kappa shape index (κ1) is 16.2. The van der Waals surface area contributed by atoms with Gasteiger partial charge in [0.2, 0.25) is 5.91 Å². The lowest BCUT2D eigenvalue weighted by atomic mass is 9.85. The predicted molar refractivity (Wildman–Crippen MR) is 91.7 cm³/mol. The molecule has 0 spiro atoms. The molecule has 2 aromatic rings. The normalized spacial score (nSPS) is 28.4. The molecule has 2 fully saturated rings. The van der Waals surface area contributed by atoms with Crippen LogP contribution in [0.2, 0.25) is 0 Å². The van der Waals surface area contributed by atoms with Gasteiger partial charge in [-0.25, -0.2) is 15.2 Å². The average Bonchev–Trinajstić information content (AvgIpc) is 3.17. The number of amides is 1. The molecule has 0 aliphatic carbocycles. The van der Waals surface area contributed by atoms with Crippen molar-refractivity contribution in [3.63, 3.8) is 0 Å². The second-order valence-electron chi connectivity index (χ2n) is 6.60. The Morgan fingerprint density at radius 1 is 1.12 bits per heavy atom. The Hall–Kier alpha value is -2.31. The van der Waals surface area contributed by atoms with E-state index in [1.807, 2.05) is 23.1 Å². The minimum absolute atomic E-state index is 0.000545. The van der Waals surface area contributed by atoms with Crippen molar-refractivity contribution in [2.24, 2.45) is 5.92 Å².